The molecule has 1 aliphatic rings. The summed E-state index contributed by atoms with van der Waals surface area (Å²) in [6.07, 6.45) is 2.15. The third kappa shape index (κ3) is 3.54. The quantitative estimate of drug-likeness (QED) is 0.706. The van der Waals surface area contributed by atoms with E-state index in [9.17, 15) is 4.79 Å². The highest BCUT2D eigenvalue weighted by Crippen LogP contribution is 2.09. The molecule has 4 heteroatoms. The summed E-state index contributed by atoms with van der Waals surface area (Å²) in [5.74, 6) is 0. The molecule has 0 bridgehead atoms. The third-order valence-corrected chi connectivity index (χ3v) is 2.71. The largest absolute Gasteiger partial charge is 0.338 e. The van der Waals surface area contributed by atoms with Gasteiger partial charge in [-0.3, -0.25) is 0 Å². The molecule has 2 N–H and O–H groups in total. The van der Waals surface area contributed by atoms with Gasteiger partial charge in [-0.1, -0.05) is 6.92 Å². The molecular weight excluding hydrogens is 178 g/mol. The van der Waals surface area contributed by atoms with Crippen LogP contribution in [-0.4, -0.2) is 43.2 Å². The Labute approximate surface area is 86.0 Å². The van der Waals surface area contributed by atoms with Gasteiger partial charge in [-0.2, -0.15) is 0 Å². The first-order chi connectivity index (χ1) is 6.76. The number of amides is 2. The van der Waals surface area contributed by atoms with E-state index in [0.717, 1.165) is 32.5 Å². The first-order valence-electron chi connectivity index (χ1n) is 5.53. The minimum absolute atomic E-state index is 0.0255. The van der Waals surface area contributed by atoms with Crippen molar-refractivity contribution in [3.8, 4) is 0 Å². The van der Waals surface area contributed by atoms with Gasteiger partial charge in [0, 0.05) is 25.7 Å². The number of rotatable bonds is 3. The van der Waals surface area contributed by atoms with Gasteiger partial charge < -0.3 is 15.5 Å². The Balaban J connectivity index is 2.18. The summed E-state index contributed by atoms with van der Waals surface area (Å²) < 4.78 is 0. The van der Waals surface area contributed by atoms with Crippen LogP contribution in [0, 0.1) is 0 Å². The molecule has 1 heterocycles. The highest BCUT2D eigenvalue weighted by Gasteiger charge is 2.18. The van der Waals surface area contributed by atoms with Gasteiger partial charge in [-0.25, -0.2) is 4.79 Å². The Hall–Kier alpha value is -0.770. The minimum Gasteiger partial charge on any atom is -0.338 e. The molecule has 82 valence electrons. The highest BCUT2D eigenvalue weighted by molar-refractivity contribution is 5.74. The molecule has 4 nitrogen and oxygen atoms in total. The standard InChI is InChI=1S/C10H21N3O/c1-3-11-10(14)12-9-5-7-13(4-2)8-6-9/h9H,3-8H2,1-2H3,(H2,11,12,14). The normalized spacial score (nSPS) is 19.3. The van der Waals surface area contributed by atoms with E-state index >= 15 is 0 Å². The fourth-order valence-electron chi connectivity index (χ4n) is 1.79. The zero-order valence-corrected chi connectivity index (χ0v) is 9.18. The van der Waals surface area contributed by atoms with Crippen LogP contribution in [0.3, 0.4) is 0 Å². The smallest absolute Gasteiger partial charge is 0.314 e. The summed E-state index contributed by atoms with van der Waals surface area (Å²) in [5.41, 5.74) is 0. The molecule has 0 radical (unpaired) electrons. The van der Waals surface area contributed by atoms with E-state index in [2.05, 4.69) is 22.5 Å². The number of carbonyl (C=O) groups is 1. The molecule has 0 atom stereocenters. The Morgan fingerprint density at radius 3 is 2.50 bits per heavy atom. The van der Waals surface area contributed by atoms with Gasteiger partial charge in [0.15, 0.2) is 0 Å². The maximum absolute atomic E-state index is 11.2. The predicted molar refractivity (Wildman–Crippen MR) is 57.3 cm³/mol. The first kappa shape index (κ1) is 11.3. The fourth-order valence-corrected chi connectivity index (χ4v) is 1.79. The van der Waals surface area contributed by atoms with Crippen molar-refractivity contribution in [3.05, 3.63) is 0 Å². The van der Waals surface area contributed by atoms with E-state index in [4.69, 9.17) is 0 Å². The van der Waals surface area contributed by atoms with Gasteiger partial charge in [-0.05, 0) is 26.3 Å². The predicted octanol–water partition coefficient (Wildman–Crippen LogP) is 0.790. The summed E-state index contributed by atoms with van der Waals surface area (Å²) in [7, 11) is 0. The monoisotopic (exact) mass is 199 g/mol. The zero-order chi connectivity index (χ0) is 10.4. The van der Waals surface area contributed by atoms with Crippen LogP contribution in [0.15, 0.2) is 0 Å². The molecule has 0 unspecified atom stereocenters. The van der Waals surface area contributed by atoms with Crippen molar-refractivity contribution in [1.29, 1.82) is 0 Å². The van der Waals surface area contributed by atoms with Crippen molar-refractivity contribution >= 4 is 6.03 Å². The zero-order valence-electron chi connectivity index (χ0n) is 9.18. The van der Waals surface area contributed by atoms with Crippen molar-refractivity contribution in [2.75, 3.05) is 26.2 Å². The highest BCUT2D eigenvalue weighted by atomic mass is 16.2. The molecular formula is C10H21N3O. The molecule has 0 aromatic heterocycles. The summed E-state index contributed by atoms with van der Waals surface area (Å²) in [6, 6.07) is 0.340. The fraction of sp³-hybridized carbons (Fsp3) is 0.900. The van der Waals surface area contributed by atoms with Gasteiger partial charge in [0.25, 0.3) is 0 Å². The number of urea groups is 1. The number of likely N-dealkylation sites (tertiary alicyclic amines) is 1. The molecule has 0 spiro atoms. The lowest BCUT2D eigenvalue weighted by atomic mass is 10.1. The van der Waals surface area contributed by atoms with Crippen LogP contribution < -0.4 is 10.6 Å². The van der Waals surface area contributed by atoms with Crippen molar-refractivity contribution in [1.82, 2.24) is 15.5 Å². The molecule has 0 aromatic rings. The van der Waals surface area contributed by atoms with Crippen LogP contribution in [-0.2, 0) is 0 Å². The molecule has 1 saturated heterocycles. The van der Waals surface area contributed by atoms with E-state index in [0.29, 0.717) is 12.6 Å². The van der Waals surface area contributed by atoms with Crippen molar-refractivity contribution in [2.24, 2.45) is 0 Å². The van der Waals surface area contributed by atoms with Crippen molar-refractivity contribution < 1.29 is 4.79 Å². The van der Waals surface area contributed by atoms with Gasteiger partial charge in [0.1, 0.15) is 0 Å². The molecule has 0 aliphatic carbocycles. The van der Waals surface area contributed by atoms with Gasteiger partial charge in [0.2, 0.25) is 0 Å². The average molecular weight is 199 g/mol. The summed E-state index contributed by atoms with van der Waals surface area (Å²) in [6.45, 7) is 8.13. The van der Waals surface area contributed by atoms with E-state index in [-0.39, 0.29) is 6.03 Å². The number of nitrogens with one attached hydrogen (secondary N) is 2. The Kier molecular flexibility index (Phi) is 4.73. The molecule has 0 aromatic carbocycles. The van der Waals surface area contributed by atoms with Crippen LogP contribution in [0.5, 0.6) is 0 Å². The van der Waals surface area contributed by atoms with Crippen molar-refractivity contribution in [2.45, 2.75) is 32.7 Å². The van der Waals surface area contributed by atoms with Crippen LogP contribution in [0.1, 0.15) is 26.7 Å². The summed E-state index contributed by atoms with van der Waals surface area (Å²) >= 11 is 0. The van der Waals surface area contributed by atoms with Crippen LogP contribution in [0.4, 0.5) is 4.79 Å². The lowest BCUT2D eigenvalue weighted by molar-refractivity contribution is 0.199. The second-order valence-electron chi connectivity index (χ2n) is 3.71. The van der Waals surface area contributed by atoms with E-state index in [1.807, 2.05) is 6.92 Å². The van der Waals surface area contributed by atoms with Crippen LogP contribution in [0.2, 0.25) is 0 Å². The van der Waals surface area contributed by atoms with Gasteiger partial charge in [0.05, 0.1) is 0 Å². The second-order valence-corrected chi connectivity index (χ2v) is 3.71. The molecule has 1 aliphatic heterocycles. The molecule has 1 rings (SSSR count). The summed E-state index contributed by atoms with van der Waals surface area (Å²) in [5, 5.41) is 5.74. The molecule has 0 saturated carbocycles. The van der Waals surface area contributed by atoms with Crippen LogP contribution in [0.25, 0.3) is 0 Å². The van der Waals surface area contributed by atoms with Gasteiger partial charge >= 0.3 is 6.03 Å². The maximum Gasteiger partial charge on any atom is 0.314 e. The lowest BCUT2D eigenvalue weighted by Gasteiger charge is -2.31. The maximum atomic E-state index is 11.2. The van der Waals surface area contributed by atoms with E-state index in [1.165, 1.54) is 0 Å². The Morgan fingerprint density at radius 1 is 1.36 bits per heavy atom. The topological polar surface area (TPSA) is 44.4 Å². The second kappa shape index (κ2) is 5.86. The number of nitrogens with zero attached hydrogens (tertiary/aromatic N) is 1. The third-order valence-electron chi connectivity index (χ3n) is 2.71. The van der Waals surface area contributed by atoms with Crippen molar-refractivity contribution in [3.63, 3.8) is 0 Å². The molecule has 14 heavy (non-hydrogen) atoms. The number of piperidine rings is 1. The SMILES string of the molecule is CCNC(=O)NC1CCN(CC)CC1. The minimum atomic E-state index is -0.0255. The Morgan fingerprint density at radius 2 is 2.00 bits per heavy atom. The molecule has 1 fully saturated rings. The molecule has 2 amide bonds. The first-order valence-corrected chi connectivity index (χ1v) is 5.53. The van der Waals surface area contributed by atoms with Gasteiger partial charge in [-0.15, -0.1) is 0 Å². The number of hydrogen-bond donors (Lipinski definition) is 2. The van der Waals surface area contributed by atoms with E-state index in [1.54, 1.807) is 0 Å². The summed E-state index contributed by atoms with van der Waals surface area (Å²) in [4.78, 5) is 13.6. The Bertz CT molecular complexity index is 176. The average Bonchev–Trinajstić information content (AvgIpc) is 2.19. The lowest BCUT2D eigenvalue weighted by Crippen LogP contribution is -2.47. The van der Waals surface area contributed by atoms with Crippen LogP contribution >= 0.6 is 0 Å². The number of hydrogen-bond acceptors (Lipinski definition) is 2. The number of carbonyl (C=O) groups excluding carboxylic acids is 1. The van der Waals surface area contributed by atoms with E-state index < -0.39 is 0 Å².